The summed E-state index contributed by atoms with van der Waals surface area (Å²) < 4.78 is 6.19. The van der Waals surface area contributed by atoms with Crippen molar-refractivity contribution < 1.29 is 4.74 Å². The first kappa shape index (κ1) is 11.4. The molecule has 2 aromatic rings. The Morgan fingerprint density at radius 1 is 1.31 bits per heavy atom. The number of benzene rings is 1. The van der Waals surface area contributed by atoms with Crippen LogP contribution in [-0.4, -0.2) is 17.1 Å². The van der Waals surface area contributed by atoms with Gasteiger partial charge in [-0.15, -0.1) is 0 Å². The molecule has 16 heavy (non-hydrogen) atoms. The summed E-state index contributed by atoms with van der Waals surface area (Å²) in [5.74, 6) is 1.26. The Labute approximate surface area is 107 Å². The first-order valence-corrected chi connectivity index (χ1v) is 5.70. The van der Waals surface area contributed by atoms with E-state index in [2.05, 4.69) is 25.9 Å². The van der Waals surface area contributed by atoms with Crippen LogP contribution in [0.5, 0.6) is 5.75 Å². The monoisotopic (exact) mass is 298 g/mol. The van der Waals surface area contributed by atoms with E-state index in [9.17, 15) is 0 Å². The number of nitrogens with zero attached hydrogens (tertiary/aromatic N) is 2. The molecular weight excluding hydrogens is 291 g/mol. The minimum Gasteiger partial charge on any atom is -0.496 e. The van der Waals surface area contributed by atoms with E-state index < -0.39 is 0 Å². The minimum atomic E-state index is 0.409. The molecule has 0 aliphatic rings. The van der Waals surface area contributed by atoms with Crippen LogP contribution in [0.4, 0.5) is 0 Å². The predicted molar refractivity (Wildman–Crippen MR) is 66.7 cm³/mol. The van der Waals surface area contributed by atoms with Crippen LogP contribution < -0.4 is 4.74 Å². The fraction of sp³-hybridized carbons (Fsp3) is 0.0909. The van der Waals surface area contributed by atoms with Crippen LogP contribution in [0.3, 0.4) is 0 Å². The number of hydrogen-bond donors (Lipinski definition) is 0. The van der Waals surface area contributed by atoms with Gasteiger partial charge in [-0.3, -0.25) is 0 Å². The molecule has 1 heterocycles. The van der Waals surface area contributed by atoms with E-state index in [1.807, 2.05) is 18.2 Å². The zero-order chi connectivity index (χ0) is 11.5. The molecule has 0 N–H and O–H groups in total. The van der Waals surface area contributed by atoms with Crippen molar-refractivity contribution in [3.05, 3.63) is 40.1 Å². The molecule has 0 aliphatic heterocycles. The predicted octanol–water partition coefficient (Wildman–Crippen LogP) is 3.57. The van der Waals surface area contributed by atoms with E-state index in [-0.39, 0.29) is 0 Å². The fourth-order valence-electron chi connectivity index (χ4n) is 1.32. The first-order chi connectivity index (χ1) is 7.70. The molecule has 0 spiro atoms. The third-order valence-corrected chi connectivity index (χ3v) is 2.73. The van der Waals surface area contributed by atoms with Gasteiger partial charge in [0.25, 0.3) is 0 Å². The second-order valence-corrected chi connectivity index (χ2v) is 4.35. The van der Waals surface area contributed by atoms with Crippen molar-refractivity contribution >= 4 is 27.5 Å². The van der Waals surface area contributed by atoms with Gasteiger partial charge in [0.15, 0.2) is 5.82 Å². The largest absolute Gasteiger partial charge is 0.496 e. The van der Waals surface area contributed by atoms with Gasteiger partial charge in [0, 0.05) is 10.7 Å². The van der Waals surface area contributed by atoms with Crippen LogP contribution in [0.25, 0.3) is 11.4 Å². The zero-order valence-corrected chi connectivity index (χ0v) is 10.8. The number of rotatable bonds is 2. The molecule has 5 heteroatoms. The number of halogens is 2. The molecule has 0 aliphatic carbocycles. The van der Waals surface area contributed by atoms with E-state index in [4.69, 9.17) is 16.3 Å². The van der Waals surface area contributed by atoms with Crippen LogP contribution in [0.1, 0.15) is 0 Å². The molecule has 0 bridgehead atoms. The van der Waals surface area contributed by atoms with E-state index in [1.165, 1.54) is 0 Å². The summed E-state index contributed by atoms with van der Waals surface area (Å²) in [5, 5.41) is 0.409. The minimum absolute atomic E-state index is 0.409. The highest BCUT2D eigenvalue weighted by Gasteiger charge is 2.09. The molecule has 0 radical (unpaired) electrons. The van der Waals surface area contributed by atoms with Gasteiger partial charge in [-0.25, -0.2) is 9.97 Å². The zero-order valence-electron chi connectivity index (χ0n) is 8.45. The van der Waals surface area contributed by atoms with Crippen molar-refractivity contribution in [2.45, 2.75) is 0 Å². The summed E-state index contributed by atoms with van der Waals surface area (Å²) in [6, 6.07) is 7.27. The quantitative estimate of drug-likeness (QED) is 0.795. The average Bonchev–Trinajstić information content (AvgIpc) is 2.29. The fourth-order valence-corrected chi connectivity index (χ4v) is 1.82. The lowest BCUT2D eigenvalue weighted by atomic mass is 10.2. The third kappa shape index (κ3) is 2.33. The summed E-state index contributed by atoms with van der Waals surface area (Å²) in [7, 11) is 1.61. The maximum Gasteiger partial charge on any atom is 0.164 e. The summed E-state index contributed by atoms with van der Waals surface area (Å²) in [5.41, 5.74) is 0.805. The van der Waals surface area contributed by atoms with Crippen molar-refractivity contribution in [1.29, 1.82) is 0 Å². The van der Waals surface area contributed by atoms with E-state index in [1.54, 1.807) is 19.4 Å². The number of ether oxygens (including phenoxy) is 1. The summed E-state index contributed by atoms with van der Waals surface area (Å²) in [6.07, 6.45) is 1.62. The highest BCUT2D eigenvalue weighted by atomic mass is 79.9. The molecule has 0 saturated carbocycles. The van der Waals surface area contributed by atoms with Crippen molar-refractivity contribution in [2.75, 3.05) is 7.11 Å². The highest BCUT2D eigenvalue weighted by Crippen LogP contribution is 2.30. The number of methoxy groups -OCH3 is 1. The first-order valence-electron chi connectivity index (χ1n) is 4.53. The summed E-state index contributed by atoms with van der Waals surface area (Å²) >= 11 is 9.22. The van der Waals surface area contributed by atoms with E-state index >= 15 is 0 Å². The molecule has 1 aromatic carbocycles. The van der Waals surface area contributed by atoms with Crippen LogP contribution in [0.2, 0.25) is 5.15 Å². The Balaban J connectivity index is 2.58. The number of hydrogen-bond acceptors (Lipinski definition) is 3. The summed E-state index contributed by atoms with van der Waals surface area (Å²) in [6.45, 7) is 0. The molecule has 1 aromatic heterocycles. The van der Waals surface area contributed by atoms with Crippen molar-refractivity contribution in [3.63, 3.8) is 0 Å². The van der Waals surface area contributed by atoms with Crippen LogP contribution in [0.15, 0.2) is 34.9 Å². The SMILES string of the molecule is COc1ccc(Br)cc1-c1nccc(Cl)n1. The van der Waals surface area contributed by atoms with Crippen LogP contribution in [0, 0.1) is 0 Å². The Morgan fingerprint density at radius 2 is 2.12 bits per heavy atom. The van der Waals surface area contributed by atoms with Gasteiger partial charge in [-0.05, 0) is 24.3 Å². The van der Waals surface area contributed by atoms with Gasteiger partial charge in [0.1, 0.15) is 10.9 Å². The van der Waals surface area contributed by atoms with E-state index in [0.717, 1.165) is 10.0 Å². The normalized spacial score (nSPS) is 10.2. The van der Waals surface area contributed by atoms with Gasteiger partial charge < -0.3 is 4.74 Å². The van der Waals surface area contributed by atoms with Gasteiger partial charge in [-0.1, -0.05) is 27.5 Å². The molecule has 0 fully saturated rings. The molecule has 2 rings (SSSR count). The van der Waals surface area contributed by atoms with Gasteiger partial charge in [-0.2, -0.15) is 0 Å². The van der Waals surface area contributed by atoms with Gasteiger partial charge >= 0.3 is 0 Å². The molecule has 3 nitrogen and oxygen atoms in total. The second kappa shape index (κ2) is 4.80. The molecule has 0 atom stereocenters. The third-order valence-electron chi connectivity index (χ3n) is 2.02. The van der Waals surface area contributed by atoms with Crippen molar-refractivity contribution in [1.82, 2.24) is 9.97 Å². The van der Waals surface area contributed by atoms with Gasteiger partial charge in [0.05, 0.1) is 12.7 Å². The Morgan fingerprint density at radius 3 is 2.81 bits per heavy atom. The van der Waals surface area contributed by atoms with Crippen molar-refractivity contribution in [2.24, 2.45) is 0 Å². The Kier molecular flexibility index (Phi) is 3.41. The maximum atomic E-state index is 5.83. The molecular formula is C11H8BrClN2O. The van der Waals surface area contributed by atoms with Gasteiger partial charge in [0.2, 0.25) is 0 Å². The molecule has 0 saturated heterocycles. The standard InChI is InChI=1S/C11H8BrClN2O/c1-16-9-3-2-7(12)6-8(9)11-14-5-4-10(13)15-11/h2-6H,1H3. The summed E-state index contributed by atoms with van der Waals surface area (Å²) in [4.78, 5) is 8.31. The lowest BCUT2D eigenvalue weighted by Gasteiger charge is -2.07. The van der Waals surface area contributed by atoms with Crippen LogP contribution in [-0.2, 0) is 0 Å². The Hall–Kier alpha value is -1.13. The van der Waals surface area contributed by atoms with E-state index in [0.29, 0.717) is 16.7 Å². The molecule has 0 amide bonds. The smallest absolute Gasteiger partial charge is 0.164 e. The lowest BCUT2D eigenvalue weighted by Crippen LogP contribution is -1.93. The average molecular weight is 300 g/mol. The van der Waals surface area contributed by atoms with Crippen molar-refractivity contribution in [3.8, 4) is 17.1 Å². The lowest BCUT2D eigenvalue weighted by molar-refractivity contribution is 0.416. The highest BCUT2D eigenvalue weighted by molar-refractivity contribution is 9.10. The topological polar surface area (TPSA) is 35.0 Å². The molecule has 0 unspecified atom stereocenters. The maximum absolute atomic E-state index is 5.83. The molecule has 82 valence electrons. The van der Waals surface area contributed by atoms with Crippen LogP contribution >= 0.6 is 27.5 Å². The number of aromatic nitrogens is 2. The second-order valence-electron chi connectivity index (χ2n) is 3.05. The Bertz CT molecular complexity index is 519.